The second-order valence-electron chi connectivity index (χ2n) is 5.98. The van der Waals surface area contributed by atoms with Crippen molar-refractivity contribution in [3.63, 3.8) is 0 Å². The molecule has 2 atom stereocenters. The Balaban J connectivity index is 1.79. The maximum atomic E-state index is 13.3. The second kappa shape index (κ2) is 7.10. The fourth-order valence-corrected chi connectivity index (χ4v) is 2.87. The van der Waals surface area contributed by atoms with Gasteiger partial charge in [0.2, 0.25) is 5.95 Å². The van der Waals surface area contributed by atoms with Crippen LogP contribution in [-0.2, 0) is 0 Å². The highest BCUT2D eigenvalue weighted by atomic mass is 19.1. The maximum Gasteiger partial charge on any atom is 0.222 e. The molecule has 8 heteroatoms. The van der Waals surface area contributed by atoms with Crippen LogP contribution in [0.5, 0.6) is 11.5 Å². The summed E-state index contributed by atoms with van der Waals surface area (Å²) in [4.78, 5) is 10.3. The predicted octanol–water partition coefficient (Wildman–Crippen LogP) is 1.53. The predicted molar refractivity (Wildman–Crippen MR) is 91.4 cm³/mol. The molecule has 0 saturated carbocycles. The van der Waals surface area contributed by atoms with Crippen molar-refractivity contribution in [3.8, 4) is 11.5 Å². The van der Waals surface area contributed by atoms with E-state index in [9.17, 15) is 9.50 Å². The van der Waals surface area contributed by atoms with Crippen molar-refractivity contribution in [2.45, 2.75) is 25.6 Å². The van der Waals surface area contributed by atoms with E-state index in [4.69, 9.17) is 15.2 Å². The number of ether oxygens (including phenoxy) is 2. The third-order valence-electron chi connectivity index (χ3n) is 4.11. The van der Waals surface area contributed by atoms with E-state index >= 15 is 0 Å². The molecule has 1 saturated heterocycles. The number of nitrogens with two attached hydrogens (primary N) is 1. The number of methoxy groups -OCH3 is 1. The molecule has 25 heavy (non-hydrogen) atoms. The summed E-state index contributed by atoms with van der Waals surface area (Å²) in [6, 6.07) is 5.87. The van der Waals surface area contributed by atoms with Gasteiger partial charge < -0.3 is 25.2 Å². The lowest BCUT2D eigenvalue weighted by Crippen LogP contribution is -2.50. The van der Waals surface area contributed by atoms with E-state index in [0.29, 0.717) is 31.1 Å². The van der Waals surface area contributed by atoms with Crippen LogP contribution in [0.3, 0.4) is 0 Å². The van der Waals surface area contributed by atoms with Gasteiger partial charge in [0.05, 0.1) is 19.8 Å². The molecule has 3 N–H and O–H groups in total. The Morgan fingerprint density at radius 2 is 2.08 bits per heavy atom. The van der Waals surface area contributed by atoms with Crippen molar-refractivity contribution in [2.75, 3.05) is 30.8 Å². The van der Waals surface area contributed by atoms with E-state index in [1.165, 1.54) is 25.3 Å². The Bertz CT molecular complexity index is 738. The summed E-state index contributed by atoms with van der Waals surface area (Å²) < 4.78 is 24.4. The van der Waals surface area contributed by atoms with Crippen LogP contribution in [0.2, 0.25) is 0 Å². The van der Waals surface area contributed by atoms with Crippen LogP contribution >= 0.6 is 0 Å². The zero-order chi connectivity index (χ0) is 18.0. The van der Waals surface area contributed by atoms with Crippen LogP contribution in [0.25, 0.3) is 0 Å². The van der Waals surface area contributed by atoms with E-state index in [2.05, 4.69) is 9.97 Å². The fourth-order valence-electron chi connectivity index (χ4n) is 2.87. The first-order chi connectivity index (χ1) is 12.0. The first kappa shape index (κ1) is 17.2. The number of nitrogens with zero attached hydrogens (tertiary/aromatic N) is 3. The summed E-state index contributed by atoms with van der Waals surface area (Å²) >= 11 is 0. The van der Waals surface area contributed by atoms with Gasteiger partial charge >= 0.3 is 0 Å². The number of aliphatic hydroxyl groups is 1. The number of benzene rings is 1. The van der Waals surface area contributed by atoms with Crippen LogP contribution in [0.4, 0.5) is 16.2 Å². The molecule has 3 rings (SSSR count). The molecule has 2 heterocycles. The van der Waals surface area contributed by atoms with Gasteiger partial charge in [-0.2, -0.15) is 4.98 Å². The minimum absolute atomic E-state index is 0.207. The van der Waals surface area contributed by atoms with Gasteiger partial charge in [0, 0.05) is 24.4 Å². The molecule has 0 amide bonds. The normalized spacial score (nSPS) is 20.4. The number of anilines is 2. The summed E-state index contributed by atoms with van der Waals surface area (Å²) in [5, 5.41) is 10.3. The summed E-state index contributed by atoms with van der Waals surface area (Å²) in [5.74, 6) is 1.15. The van der Waals surface area contributed by atoms with Crippen LogP contribution in [0.1, 0.15) is 12.1 Å². The maximum absolute atomic E-state index is 13.3. The van der Waals surface area contributed by atoms with Crippen LogP contribution in [0, 0.1) is 12.7 Å². The third kappa shape index (κ3) is 3.90. The first-order valence-corrected chi connectivity index (χ1v) is 8.00. The Kier molecular flexibility index (Phi) is 4.89. The largest absolute Gasteiger partial charge is 0.493 e. The lowest BCUT2D eigenvalue weighted by molar-refractivity contribution is 0.0220. The molecule has 2 aromatic rings. The highest BCUT2D eigenvalue weighted by Crippen LogP contribution is 2.30. The number of hydrogen-bond donors (Lipinski definition) is 2. The number of piperidine rings is 1. The lowest BCUT2D eigenvalue weighted by atomic mass is 10.0. The molecule has 0 radical (unpaired) electrons. The number of nitrogen functional groups attached to an aromatic ring is 1. The Hall–Kier alpha value is -2.61. The summed E-state index contributed by atoms with van der Waals surface area (Å²) in [5.41, 5.74) is 6.49. The fraction of sp³-hybridized carbons (Fsp3) is 0.412. The SMILES string of the molecule is COc1cc(F)ccc1O[C@@H]1CN(c2cc(C)nc(N)n2)CC[C@H]1O. The number of halogens is 1. The number of aryl methyl sites for hydroxylation is 1. The quantitative estimate of drug-likeness (QED) is 0.865. The molecule has 134 valence electrons. The Morgan fingerprint density at radius 3 is 2.80 bits per heavy atom. The van der Waals surface area contributed by atoms with Gasteiger partial charge in [0.15, 0.2) is 11.5 Å². The van der Waals surface area contributed by atoms with Crippen LogP contribution < -0.4 is 20.1 Å². The molecule has 0 spiro atoms. The van der Waals surface area contributed by atoms with Crippen LogP contribution in [0.15, 0.2) is 24.3 Å². The molecule has 1 aliphatic rings. The molecule has 7 nitrogen and oxygen atoms in total. The summed E-state index contributed by atoms with van der Waals surface area (Å²) in [6.07, 6.45) is -0.646. The summed E-state index contributed by atoms with van der Waals surface area (Å²) in [6.45, 7) is 2.88. The van der Waals surface area contributed by atoms with E-state index < -0.39 is 18.0 Å². The minimum atomic E-state index is -0.647. The summed E-state index contributed by atoms with van der Waals surface area (Å²) in [7, 11) is 1.44. The zero-order valence-corrected chi connectivity index (χ0v) is 14.1. The Morgan fingerprint density at radius 1 is 1.28 bits per heavy atom. The third-order valence-corrected chi connectivity index (χ3v) is 4.11. The number of aliphatic hydroxyl groups excluding tert-OH is 1. The van der Waals surface area contributed by atoms with E-state index in [0.717, 1.165) is 5.69 Å². The van der Waals surface area contributed by atoms with Crippen molar-refractivity contribution in [1.82, 2.24) is 9.97 Å². The van der Waals surface area contributed by atoms with Gasteiger partial charge in [-0.15, -0.1) is 0 Å². The first-order valence-electron chi connectivity index (χ1n) is 8.00. The standard InChI is InChI=1S/C17H21FN4O3/c1-10-7-16(21-17(19)20-10)22-6-5-12(23)15(9-22)25-13-4-3-11(18)8-14(13)24-2/h3-4,7-8,12,15,23H,5-6,9H2,1-2H3,(H2,19,20,21)/t12-,15-/m1/s1. The van der Waals surface area contributed by atoms with Gasteiger partial charge in [-0.25, -0.2) is 9.37 Å². The molecule has 1 aliphatic heterocycles. The Labute approximate surface area is 145 Å². The molecule has 0 unspecified atom stereocenters. The van der Waals surface area contributed by atoms with Gasteiger partial charge in [-0.05, 0) is 25.5 Å². The highest BCUT2D eigenvalue weighted by Gasteiger charge is 2.31. The number of rotatable bonds is 4. The molecule has 1 aromatic carbocycles. The van der Waals surface area contributed by atoms with E-state index in [1.807, 2.05) is 17.9 Å². The average molecular weight is 348 g/mol. The van der Waals surface area contributed by atoms with Gasteiger partial charge in [0.1, 0.15) is 17.7 Å². The molecule has 1 aromatic heterocycles. The highest BCUT2D eigenvalue weighted by molar-refractivity contribution is 5.45. The van der Waals surface area contributed by atoms with Crippen molar-refractivity contribution in [2.24, 2.45) is 0 Å². The lowest BCUT2D eigenvalue weighted by Gasteiger charge is -2.37. The molecule has 0 bridgehead atoms. The minimum Gasteiger partial charge on any atom is -0.493 e. The van der Waals surface area contributed by atoms with Gasteiger partial charge in [0.25, 0.3) is 0 Å². The van der Waals surface area contributed by atoms with Crippen LogP contribution in [-0.4, -0.2) is 47.5 Å². The van der Waals surface area contributed by atoms with Crippen molar-refractivity contribution >= 4 is 11.8 Å². The van der Waals surface area contributed by atoms with E-state index in [1.54, 1.807) is 0 Å². The monoisotopic (exact) mass is 348 g/mol. The van der Waals surface area contributed by atoms with Gasteiger partial charge in [-0.1, -0.05) is 0 Å². The van der Waals surface area contributed by atoms with Crippen molar-refractivity contribution < 1.29 is 19.0 Å². The topological polar surface area (TPSA) is 93.7 Å². The van der Waals surface area contributed by atoms with Crippen molar-refractivity contribution in [1.29, 1.82) is 0 Å². The second-order valence-corrected chi connectivity index (χ2v) is 5.98. The molecule has 0 aliphatic carbocycles. The zero-order valence-electron chi connectivity index (χ0n) is 14.1. The van der Waals surface area contributed by atoms with Gasteiger partial charge in [-0.3, -0.25) is 0 Å². The number of aromatic nitrogens is 2. The molecule has 1 fully saturated rings. The van der Waals surface area contributed by atoms with E-state index in [-0.39, 0.29) is 11.7 Å². The molecular formula is C17H21FN4O3. The average Bonchev–Trinajstić information content (AvgIpc) is 2.57. The number of hydrogen-bond acceptors (Lipinski definition) is 7. The smallest absolute Gasteiger partial charge is 0.222 e. The molecular weight excluding hydrogens is 327 g/mol. The van der Waals surface area contributed by atoms with Crippen molar-refractivity contribution in [3.05, 3.63) is 35.8 Å².